The van der Waals surface area contributed by atoms with Crippen molar-refractivity contribution in [2.24, 2.45) is 7.05 Å². The number of nitrogens with zero attached hydrogens (tertiary/aromatic N) is 4. The molecule has 4 aromatic rings. The highest BCUT2D eigenvalue weighted by atomic mass is 35.5. The van der Waals surface area contributed by atoms with Crippen molar-refractivity contribution in [2.45, 2.75) is 32.9 Å². The second-order valence-corrected chi connectivity index (χ2v) is 8.25. The number of rotatable bonds is 5. The average molecular weight is 436 g/mol. The lowest BCUT2D eigenvalue weighted by Crippen LogP contribution is -2.24. The molecule has 0 saturated heterocycles. The highest BCUT2D eigenvalue weighted by Gasteiger charge is 2.29. The zero-order valence-corrected chi connectivity index (χ0v) is 18.1. The minimum absolute atomic E-state index is 0.227. The molecule has 3 heterocycles. The van der Waals surface area contributed by atoms with Gasteiger partial charge in [-0.05, 0) is 42.7 Å². The number of hydrogen-bond acceptors (Lipinski definition) is 4. The molecule has 0 fully saturated rings. The Morgan fingerprint density at radius 3 is 2.77 bits per heavy atom. The lowest BCUT2D eigenvalue weighted by atomic mass is 9.93. The van der Waals surface area contributed by atoms with Crippen LogP contribution < -0.4 is 5.32 Å². The molecule has 0 atom stereocenters. The largest absolute Gasteiger partial charge is 0.455 e. The molecular formula is C23H22ClN5O2. The monoisotopic (exact) mass is 435 g/mol. The predicted molar refractivity (Wildman–Crippen MR) is 117 cm³/mol. The average Bonchev–Trinajstić information content (AvgIpc) is 3.44. The third-order valence-electron chi connectivity index (χ3n) is 5.73. The van der Waals surface area contributed by atoms with Gasteiger partial charge >= 0.3 is 0 Å². The van der Waals surface area contributed by atoms with Gasteiger partial charge in [0, 0.05) is 42.0 Å². The third kappa shape index (κ3) is 3.65. The van der Waals surface area contributed by atoms with Crippen molar-refractivity contribution in [1.82, 2.24) is 24.9 Å². The van der Waals surface area contributed by atoms with Gasteiger partial charge < -0.3 is 9.73 Å². The smallest absolute Gasteiger partial charge is 0.287 e. The lowest BCUT2D eigenvalue weighted by Gasteiger charge is -2.09. The number of furan rings is 1. The van der Waals surface area contributed by atoms with Gasteiger partial charge in [-0.2, -0.15) is 10.2 Å². The van der Waals surface area contributed by atoms with Crippen molar-refractivity contribution in [2.75, 3.05) is 0 Å². The summed E-state index contributed by atoms with van der Waals surface area (Å²) in [6.07, 6.45) is 5.39. The SMILES string of the molecule is Cc1c(C(=O)NCc2ccnn2C)oc2c1-c1nn(Cc3ccc(Cl)cc3)cc1CC2. The maximum Gasteiger partial charge on any atom is 0.287 e. The van der Waals surface area contributed by atoms with E-state index in [-0.39, 0.29) is 5.91 Å². The van der Waals surface area contributed by atoms with E-state index in [0.29, 0.717) is 18.8 Å². The molecule has 0 bridgehead atoms. The first kappa shape index (κ1) is 19.6. The van der Waals surface area contributed by atoms with Crippen molar-refractivity contribution < 1.29 is 9.21 Å². The molecule has 0 spiro atoms. The van der Waals surface area contributed by atoms with Crippen LogP contribution in [0.5, 0.6) is 0 Å². The quantitative estimate of drug-likeness (QED) is 0.515. The van der Waals surface area contributed by atoms with Crippen LogP contribution in [0.4, 0.5) is 0 Å². The summed E-state index contributed by atoms with van der Waals surface area (Å²) in [5.74, 6) is 0.954. The molecule has 8 heteroatoms. The molecule has 1 aliphatic carbocycles. The highest BCUT2D eigenvalue weighted by Crippen LogP contribution is 2.38. The van der Waals surface area contributed by atoms with E-state index in [4.69, 9.17) is 21.1 Å². The number of nitrogens with one attached hydrogen (secondary N) is 1. The van der Waals surface area contributed by atoms with Crippen molar-refractivity contribution in [3.8, 4) is 11.3 Å². The Hall–Kier alpha value is -3.32. The van der Waals surface area contributed by atoms with Gasteiger partial charge in [-0.15, -0.1) is 0 Å². The summed E-state index contributed by atoms with van der Waals surface area (Å²) in [6, 6.07) is 9.65. The second-order valence-electron chi connectivity index (χ2n) is 7.81. The van der Waals surface area contributed by atoms with Crippen molar-refractivity contribution in [3.05, 3.63) is 81.7 Å². The fraction of sp³-hybridized carbons (Fsp3) is 0.261. The van der Waals surface area contributed by atoms with Crippen LogP contribution in [-0.4, -0.2) is 25.5 Å². The van der Waals surface area contributed by atoms with Gasteiger partial charge in [-0.3, -0.25) is 14.2 Å². The van der Waals surface area contributed by atoms with Crippen LogP contribution in [-0.2, 0) is 33.0 Å². The Morgan fingerprint density at radius 1 is 1.23 bits per heavy atom. The van der Waals surface area contributed by atoms with Crippen LogP contribution >= 0.6 is 11.6 Å². The molecular weight excluding hydrogens is 414 g/mol. The van der Waals surface area contributed by atoms with Crippen LogP contribution in [0, 0.1) is 6.92 Å². The Bertz CT molecular complexity index is 1270. The number of halogens is 1. The molecule has 1 N–H and O–H groups in total. The predicted octanol–water partition coefficient (Wildman–Crippen LogP) is 3.92. The Morgan fingerprint density at radius 2 is 2.03 bits per heavy atom. The van der Waals surface area contributed by atoms with E-state index in [2.05, 4.69) is 16.6 Å². The molecule has 31 heavy (non-hydrogen) atoms. The minimum Gasteiger partial charge on any atom is -0.455 e. The van der Waals surface area contributed by atoms with E-state index in [1.807, 2.05) is 49.0 Å². The van der Waals surface area contributed by atoms with E-state index in [1.54, 1.807) is 10.9 Å². The molecule has 0 unspecified atom stereocenters. The number of carbonyl (C=O) groups excluding carboxylic acids is 1. The molecule has 0 saturated carbocycles. The van der Waals surface area contributed by atoms with Crippen LogP contribution in [0.1, 0.15) is 38.7 Å². The molecule has 1 amide bonds. The van der Waals surface area contributed by atoms with Gasteiger partial charge in [0.05, 0.1) is 24.5 Å². The summed E-state index contributed by atoms with van der Waals surface area (Å²) in [5.41, 5.74) is 5.90. The van der Waals surface area contributed by atoms with Crippen LogP contribution in [0.15, 0.2) is 47.1 Å². The zero-order valence-electron chi connectivity index (χ0n) is 17.4. The summed E-state index contributed by atoms with van der Waals surface area (Å²) in [4.78, 5) is 12.8. The van der Waals surface area contributed by atoms with Crippen LogP contribution in [0.2, 0.25) is 5.02 Å². The maximum absolute atomic E-state index is 12.8. The van der Waals surface area contributed by atoms with Crippen molar-refractivity contribution in [1.29, 1.82) is 0 Å². The molecule has 0 aliphatic heterocycles. The number of fused-ring (bicyclic) bond motifs is 3. The van der Waals surface area contributed by atoms with Crippen LogP contribution in [0.25, 0.3) is 11.3 Å². The van der Waals surface area contributed by atoms with Gasteiger partial charge in [0.15, 0.2) is 5.76 Å². The van der Waals surface area contributed by atoms with E-state index >= 15 is 0 Å². The second kappa shape index (κ2) is 7.74. The number of carbonyl (C=O) groups is 1. The van der Waals surface area contributed by atoms with Gasteiger partial charge in [0.2, 0.25) is 0 Å². The number of aromatic nitrogens is 4. The van der Waals surface area contributed by atoms with Crippen LogP contribution in [0.3, 0.4) is 0 Å². The molecule has 7 nitrogen and oxygen atoms in total. The zero-order chi connectivity index (χ0) is 21.5. The van der Waals surface area contributed by atoms with E-state index < -0.39 is 0 Å². The Balaban J connectivity index is 1.39. The normalized spacial score (nSPS) is 12.5. The number of hydrogen-bond donors (Lipinski definition) is 1. The first-order chi connectivity index (χ1) is 15.0. The van der Waals surface area contributed by atoms with E-state index in [9.17, 15) is 4.79 Å². The number of benzene rings is 1. The summed E-state index contributed by atoms with van der Waals surface area (Å²) < 4.78 is 9.68. The fourth-order valence-corrected chi connectivity index (χ4v) is 4.19. The van der Waals surface area contributed by atoms with Gasteiger partial charge in [0.25, 0.3) is 5.91 Å². The molecule has 1 aromatic carbocycles. The summed E-state index contributed by atoms with van der Waals surface area (Å²) in [7, 11) is 1.85. The van der Waals surface area contributed by atoms with Gasteiger partial charge in [0.1, 0.15) is 5.76 Å². The standard InChI is InChI=1S/C23H22ClN5O2/c1-14-20-19(31-22(14)23(30)25-11-18-9-10-26-28(18)2)8-5-16-13-29(27-21(16)20)12-15-3-6-17(24)7-4-15/h3-4,6-7,9-10,13H,5,8,11-12H2,1-2H3,(H,25,30). The number of aryl methyl sites for hydroxylation is 3. The molecule has 5 rings (SSSR count). The topological polar surface area (TPSA) is 77.9 Å². The number of amides is 1. The summed E-state index contributed by atoms with van der Waals surface area (Å²) in [6.45, 7) is 2.98. The van der Waals surface area contributed by atoms with Gasteiger partial charge in [-0.1, -0.05) is 23.7 Å². The molecule has 3 aromatic heterocycles. The first-order valence-electron chi connectivity index (χ1n) is 10.2. The third-order valence-corrected chi connectivity index (χ3v) is 5.98. The first-order valence-corrected chi connectivity index (χ1v) is 10.6. The highest BCUT2D eigenvalue weighted by molar-refractivity contribution is 6.30. The Kier molecular flexibility index (Phi) is 4.90. The Labute approximate surface area is 184 Å². The van der Waals surface area contributed by atoms with E-state index in [1.165, 1.54) is 5.56 Å². The summed E-state index contributed by atoms with van der Waals surface area (Å²) >= 11 is 5.99. The van der Waals surface area contributed by atoms with Crippen molar-refractivity contribution >= 4 is 17.5 Å². The molecule has 158 valence electrons. The van der Waals surface area contributed by atoms with Gasteiger partial charge in [-0.25, -0.2) is 0 Å². The van der Waals surface area contributed by atoms with Crippen molar-refractivity contribution in [3.63, 3.8) is 0 Å². The lowest BCUT2D eigenvalue weighted by molar-refractivity contribution is 0.0919. The summed E-state index contributed by atoms with van der Waals surface area (Å²) in [5, 5.41) is 12.6. The molecule has 0 radical (unpaired) electrons. The minimum atomic E-state index is -0.227. The van der Waals surface area contributed by atoms with E-state index in [0.717, 1.165) is 51.7 Å². The molecule has 1 aliphatic rings. The maximum atomic E-state index is 12.8. The fourth-order valence-electron chi connectivity index (χ4n) is 4.06.